The standard InChI is InChI=1S/C15H25N3S/c1-5-13(6-2)18(10-11(3)4)14-8-7-12(9-17-14)15(16)19/h7-9,11,13H,5-6,10H2,1-4H3,(H2,16,19). The molecule has 3 nitrogen and oxygen atoms in total. The van der Waals surface area contributed by atoms with Crippen LogP contribution < -0.4 is 10.6 Å². The molecule has 4 heteroatoms. The molecular weight excluding hydrogens is 254 g/mol. The molecule has 0 saturated carbocycles. The first-order valence-corrected chi connectivity index (χ1v) is 7.42. The minimum Gasteiger partial charge on any atom is -0.389 e. The van der Waals surface area contributed by atoms with Crippen molar-refractivity contribution in [2.45, 2.75) is 46.6 Å². The van der Waals surface area contributed by atoms with E-state index in [1.165, 1.54) is 0 Å². The summed E-state index contributed by atoms with van der Waals surface area (Å²) in [7, 11) is 0. The zero-order valence-corrected chi connectivity index (χ0v) is 13.2. The van der Waals surface area contributed by atoms with E-state index < -0.39 is 0 Å². The number of nitrogens with zero attached hydrogens (tertiary/aromatic N) is 2. The molecule has 0 aliphatic carbocycles. The first kappa shape index (κ1) is 15.9. The van der Waals surface area contributed by atoms with Crippen LogP contribution in [0.15, 0.2) is 18.3 Å². The predicted molar refractivity (Wildman–Crippen MR) is 86.7 cm³/mol. The summed E-state index contributed by atoms with van der Waals surface area (Å²) in [4.78, 5) is 7.33. The number of rotatable bonds is 7. The van der Waals surface area contributed by atoms with Crippen LogP contribution in [0.4, 0.5) is 5.82 Å². The van der Waals surface area contributed by atoms with Gasteiger partial charge in [-0.1, -0.05) is 39.9 Å². The van der Waals surface area contributed by atoms with E-state index in [1.54, 1.807) is 6.20 Å². The van der Waals surface area contributed by atoms with Gasteiger partial charge < -0.3 is 10.6 Å². The van der Waals surface area contributed by atoms with Crippen molar-refractivity contribution in [2.24, 2.45) is 11.7 Å². The Hall–Kier alpha value is -1.16. The summed E-state index contributed by atoms with van der Waals surface area (Å²) < 4.78 is 0. The Balaban J connectivity index is 2.99. The van der Waals surface area contributed by atoms with Crippen molar-refractivity contribution in [2.75, 3.05) is 11.4 Å². The van der Waals surface area contributed by atoms with Crippen molar-refractivity contribution < 1.29 is 0 Å². The fraction of sp³-hybridized carbons (Fsp3) is 0.600. The summed E-state index contributed by atoms with van der Waals surface area (Å²) in [6, 6.07) is 4.51. The summed E-state index contributed by atoms with van der Waals surface area (Å²) >= 11 is 4.96. The molecule has 0 amide bonds. The molecule has 0 radical (unpaired) electrons. The third-order valence-electron chi connectivity index (χ3n) is 3.27. The highest BCUT2D eigenvalue weighted by atomic mass is 32.1. The SMILES string of the molecule is CCC(CC)N(CC(C)C)c1ccc(C(N)=S)cn1. The Morgan fingerprint density at radius 2 is 1.95 bits per heavy atom. The van der Waals surface area contributed by atoms with Gasteiger partial charge in [0.2, 0.25) is 0 Å². The Kier molecular flexibility index (Phi) is 6.22. The van der Waals surface area contributed by atoms with E-state index in [0.717, 1.165) is 30.8 Å². The van der Waals surface area contributed by atoms with Crippen molar-refractivity contribution >= 4 is 23.0 Å². The normalized spacial score (nSPS) is 11.1. The van der Waals surface area contributed by atoms with E-state index in [9.17, 15) is 0 Å². The van der Waals surface area contributed by atoms with E-state index in [0.29, 0.717) is 16.9 Å². The minimum atomic E-state index is 0.400. The molecule has 19 heavy (non-hydrogen) atoms. The second kappa shape index (κ2) is 7.43. The summed E-state index contributed by atoms with van der Waals surface area (Å²) in [6.45, 7) is 9.94. The van der Waals surface area contributed by atoms with E-state index >= 15 is 0 Å². The number of hydrogen-bond acceptors (Lipinski definition) is 3. The molecule has 0 atom stereocenters. The maximum Gasteiger partial charge on any atom is 0.128 e. The smallest absolute Gasteiger partial charge is 0.128 e. The molecule has 0 saturated heterocycles. The fourth-order valence-electron chi connectivity index (χ4n) is 2.25. The summed E-state index contributed by atoms with van der Waals surface area (Å²) in [5.41, 5.74) is 6.44. The number of aromatic nitrogens is 1. The van der Waals surface area contributed by atoms with Gasteiger partial charge in [-0.25, -0.2) is 4.98 Å². The molecule has 1 heterocycles. The van der Waals surface area contributed by atoms with Gasteiger partial charge in [0.05, 0.1) is 0 Å². The van der Waals surface area contributed by atoms with Crippen molar-refractivity contribution in [1.29, 1.82) is 0 Å². The van der Waals surface area contributed by atoms with Gasteiger partial charge in [0.15, 0.2) is 0 Å². The van der Waals surface area contributed by atoms with Crippen molar-refractivity contribution in [1.82, 2.24) is 4.98 Å². The lowest BCUT2D eigenvalue weighted by Crippen LogP contribution is -2.38. The van der Waals surface area contributed by atoms with E-state index in [4.69, 9.17) is 18.0 Å². The number of anilines is 1. The number of hydrogen-bond donors (Lipinski definition) is 1. The van der Waals surface area contributed by atoms with Gasteiger partial charge >= 0.3 is 0 Å². The molecule has 0 unspecified atom stereocenters. The molecular formula is C15H25N3S. The summed E-state index contributed by atoms with van der Waals surface area (Å²) in [6.07, 6.45) is 4.03. The van der Waals surface area contributed by atoms with E-state index in [-0.39, 0.29) is 0 Å². The largest absolute Gasteiger partial charge is 0.389 e. The Morgan fingerprint density at radius 3 is 2.32 bits per heavy atom. The predicted octanol–water partition coefficient (Wildman–Crippen LogP) is 3.37. The van der Waals surface area contributed by atoms with Crippen LogP contribution in [0.3, 0.4) is 0 Å². The molecule has 0 aliphatic heterocycles. The second-order valence-corrected chi connectivity index (χ2v) is 5.73. The molecule has 2 N–H and O–H groups in total. The Bertz CT molecular complexity index is 396. The molecule has 1 rings (SSSR count). The summed E-state index contributed by atoms with van der Waals surface area (Å²) in [5.74, 6) is 1.63. The van der Waals surface area contributed by atoms with Gasteiger partial charge in [-0.15, -0.1) is 0 Å². The fourth-order valence-corrected chi connectivity index (χ4v) is 2.37. The topological polar surface area (TPSA) is 42.1 Å². The zero-order valence-electron chi connectivity index (χ0n) is 12.4. The molecule has 0 fully saturated rings. The van der Waals surface area contributed by atoms with Gasteiger partial charge in [0, 0.05) is 24.3 Å². The van der Waals surface area contributed by atoms with E-state index in [1.807, 2.05) is 12.1 Å². The molecule has 1 aromatic rings. The van der Waals surface area contributed by atoms with Crippen molar-refractivity contribution in [3.8, 4) is 0 Å². The van der Waals surface area contributed by atoms with Crippen LogP contribution in [0.25, 0.3) is 0 Å². The Labute approximate surface area is 122 Å². The van der Waals surface area contributed by atoms with Gasteiger partial charge in [0.25, 0.3) is 0 Å². The van der Waals surface area contributed by atoms with Crippen molar-refractivity contribution in [3.63, 3.8) is 0 Å². The third kappa shape index (κ3) is 4.46. The quantitative estimate of drug-likeness (QED) is 0.777. The molecule has 0 aromatic carbocycles. The van der Waals surface area contributed by atoms with Gasteiger partial charge in [0.1, 0.15) is 10.8 Å². The summed E-state index contributed by atoms with van der Waals surface area (Å²) in [5, 5.41) is 0. The Morgan fingerprint density at radius 1 is 1.32 bits per heavy atom. The van der Waals surface area contributed by atoms with Crippen LogP contribution in [-0.4, -0.2) is 22.6 Å². The first-order chi connectivity index (χ1) is 8.99. The monoisotopic (exact) mass is 279 g/mol. The van der Waals surface area contributed by atoms with Gasteiger partial charge in [-0.05, 0) is 30.9 Å². The second-order valence-electron chi connectivity index (χ2n) is 5.29. The molecule has 106 valence electrons. The average molecular weight is 279 g/mol. The maximum atomic E-state index is 5.61. The molecule has 0 spiro atoms. The van der Waals surface area contributed by atoms with Crippen LogP contribution in [0.1, 0.15) is 46.1 Å². The van der Waals surface area contributed by atoms with Crippen LogP contribution in [0.5, 0.6) is 0 Å². The zero-order chi connectivity index (χ0) is 14.4. The van der Waals surface area contributed by atoms with Gasteiger partial charge in [-0.2, -0.15) is 0 Å². The highest BCUT2D eigenvalue weighted by molar-refractivity contribution is 7.80. The number of thiocarbonyl (C=S) groups is 1. The average Bonchev–Trinajstić information content (AvgIpc) is 2.38. The van der Waals surface area contributed by atoms with Crippen LogP contribution in [-0.2, 0) is 0 Å². The lowest BCUT2D eigenvalue weighted by atomic mass is 10.1. The first-order valence-electron chi connectivity index (χ1n) is 7.02. The van der Waals surface area contributed by atoms with Gasteiger partial charge in [-0.3, -0.25) is 0 Å². The maximum absolute atomic E-state index is 5.61. The third-order valence-corrected chi connectivity index (χ3v) is 3.51. The molecule has 1 aromatic heterocycles. The highest BCUT2D eigenvalue weighted by Gasteiger charge is 2.18. The lowest BCUT2D eigenvalue weighted by molar-refractivity contribution is 0.503. The minimum absolute atomic E-state index is 0.400. The van der Waals surface area contributed by atoms with Crippen LogP contribution >= 0.6 is 12.2 Å². The van der Waals surface area contributed by atoms with Crippen LogP contribution in [0, 0.1) is 5.92 Å². The lowest BCUT2D eigenvalue weighted by Gasteiger charge is -2.33. The molecule has 0 bridgehead atoms. The highest BCUT2D eigenvalue weighted by Crippen LogP contribution is 2.20. The number of nitrogens with two attached hydrogens (primary N) is 1. The molecule has 0 aliphatic rings. The van der Waals surface area contributed by atoms with Crippen LogP contribution in [0.2, 0.25) is 0 Å². The number of pyridine rings is 1. The van der Waals surface area contributed by atoms with Crippen molar-refractivity contribution in [3.05, 3.63) is 23.9 Å². The van der Waals surface area contributed by atoms with E-state index in [2.05, 4.69) is 37.6 Å².